The van der Waals surface area contributed by atoms with E-state index < -0.39 is 31.4 Å². The highest BCUT2D eigenvalue weighted by molar-refractivity contribution is 7.47. The summed E-state index contributed by atoms with van der Waals surface area (Å²) in [6.07, 6.45) is -2.11. The van der Waals surface area contributed by atoms with Crippen LogP contribution in [0.4, 0.5) is 0 Å². The Balaban J connectivity index is 4.38. The predicted octanol–water partition coefficient (Wildman–Crippen LogP) is 1.34. The van der Waals surface area contributed by atoms with Crippen LogP contribution in [0, 0.1) is 5.41 Å². The third-order valence-corrected chi connectivity index (χ3v) is 4.69. The second kappa shape index (κ2) is 13.0. The Morgan fingerprint density at radius 1 is 1.13 bits per heavy atom. The lowest BCUT2D eigenvalue weighted by molar-refractivity contribution is -0.137. The molecule has 0 aliphatic rings. The molecule has 2 atom stereocenters. The molecule has 176 valence electrons. The molecule has 0 rings (SSSR count). The number of aliphatic hydroxyl groups is 1. The van der Waals surface area contributed by atoms with Gasteiger partial charge in [-0.2, -0.15) is 0 Å². The highest BCUT2D eigenvalue weighted by Gasteiger charge is 2.37. The van der Waals surface area contributed by atoms with E-state index >= 15 is 0 Å². The van der Waals surface area contributed by atoms with E-state index in [4.69, 9.17) is 13.9 Å². The van der Waals surface area contributed by atoms with Crippen LogP contribution in [0.5, 0.6) is 0 Å². The second-order valence-electron chi connectivity index (χ2n) is 8.09. The number of hydrogen-bond donors (Lipinski definition) is 4. The summed E-state index contributed by atoms with van der Waals surface area (Å²) in [5.74, 6) is -1.03. The quantitative estimate of drug-likeness (QED) is 0.174. The fraction of sp³-hybridized carbons (Fsp3) is 0.833. The molecule has 0 bridgehead atoms. The van der Waals surface area contributed by atoms with Gasteiger partial charge in [0.25, 0.3) is 0 Å². The molecule has 2 unspecified atom stereocenters. The number of phosphoric ester groups is 1. The molecule has 0 aliphatic carbocycles. The molecule has 0 saturated carbocycles. The van der Waals surface area contributed by atoms with Gasteiger partial charge in [0.1, 0.15) is 12.2 Å². The molecule has 0 heterocycles. The van der Waals surface area contributed by atoms with E-state index in [9.17, 15) is 24.2 Å². The van der Waals surface area contributed by atoms with Crippen LogP contribution in [-0.4, -0.2) is 65.5 Å². The zero-order valence-corrected chi connectivity index (χ0v) is 19.7. The number of phosphoric acid groups is 1. The normalized spacial score (nSPS) is 15.6. The summed E-state index contributed by atoms with van der Waals surface area (Å²) in [6, 6.07) is 0. The maximum Gasteiger partial charge on any atom is 0.472 e. The SMILES string of the molecule is C/C(CNC(=O)CCNC(=O)C(O)C(C)(C)COP(=O)(O)OC(C)C)=N\OC(C)C. The van der Waals surface area contributed by atoms with Crippen molar-refractivity contribution in [2.24, 2.45) is 10.6 Å². The molecule has 0 spiro atoms. The maximum absolute atomic E-state index is 12.1. The highest BCUT2D eigenvalue weighted by Crippen LogP contribution is 2.46. The molecule has 4 N–H and O–H groups in total. The van der Waals surface area contributed by atoms with Crippen molar-refractivity contribution in [3.8, 4) is 0 Å². The molecule has 30 heavy (non-hydrogen) atoms. The third-order valence-electron chi connectivity index (χ3n) is 3.54. The van der Waals surface area contributed by atoms with Gasteiger partial charge in [-0.15, -0.1) is 0 Å². The fourth-order valence-electron chi connectivity index (χ4n) is 1.92. The first-order chi connectivity index (χ1) is 13.7. The molecular weight excluding hydrogens is 417 g/mol. The minimum Gasteiger partial charge on any atom is -0.393 e. The van der Waals surface area contributed by atoms with E-state index in [1.807, 2.05) is 13.8 Å². The van der Waals surface area contributed by atoms with Crippen molar-refractivity contribution in [2.75, 3.05) is 19.7 Å². The van der Waals surface area contributed by atoms with Crippen molar-refractivity contribution >= 4 is 25.3 Å². The molecule has 11 nitrogen and oxygen atoms in total. The smallest absolute Gasteiger partial charge is 0.393 e. The molecule has 0 aliphatic heterocycles. The average molecular weight is 453 g/mol. The van der Waals surface area contributed by atoms with E-state index in [0.717, 1.165) is 0 Å². The van der Waals surface area contributed by atoms with Gasteiger partial charge < -0.3 is 25.5 Å². The van der Waals surface area contributed by atoms with Gasteiger partial charge in [0.2, 0.25) is 11.8 Å². The number of carbonyl (C=O) groups is 2. The summed E-state index contributed by atoms with van der Waals surface area (Å²) in [6.45, 7) is 11.4. The number of hydrogen-bond acceptors (Lipinski definition) is 8. The Morgan fingerprint density at radius 3 is 2.27 bits per heavy atom. The topological polar surface area (TPSA) is 156 Å². The van der Waals surface area contributed by atoms with Crippen molar-refractivity contribution in [3.05, 3.63) is 0 Å². The molecule has 0 aromatic heterocycles. The molecular formula is C18H36N3O8P. The van der Waals surface area contributed by atoms with Gasteiger partial charge in [0, 0.05) is 18.4 Å². The Kier molecular flexibility index (Phi) is 12.4. The molecule has 0 aromatic carbocycles. The number of nitrogens with zero attached hydrogens (tertiary/aromatic N) is 1. The van der Waals surface area contributed by atoms with Gasteiger partial charge in [-0.1, -0.05) is 19.0 Å². The van der Waals surface area contributed by atoms with Crippen LogP contribution in [-0.2, 0) is 28.0 Å². The van der Waals surface area contributed by atoms with E-state index in [1.54, 1.807) is 20.8 Å². The van der Waals surface area contributed by atoms with Gasteiger partial charge in [-0.25, -0.2) is 4.57 Å². The number of carbonyl (C=O) groups excluding carboxylic acids is 2. The van der Waals surface area contributed by atoms with Crippen molar-refractivity contribution in [1.29, 1.82) is 0 Å². The van der Waals surface area contributed by atoms with Crippen LogP contribution in [0.1, 0.15) is 54.9 Å². The number of nitrogens with one attached hydrogen (secondary N) is 2. The molecule has 0 saturated heterocycles. The molecule has 0 fully saturated rings. The summed E-state index contributed by atoms with van der Waals surface area (Å²) in [5.41, 5.74) is -0.574. The number of aliphatic hydroxyl groups excluding tert-OH is 1. The first kappa shape index (κ1) is 28.5. The van der Waals surface area contributed by atoms with Crippen LogP contribution in [0.25, 0.3) is 0 Å². The van der Waals surface area contributed by atoms with E-state index in [2.05, 4.69) is 15.8 Å². The van der Waals surface area contributed by atoms with Crippen molar-refractivity contribution < 1.29 is 38.0 Å². The lowest BCUT2D eigenvalue weighted by Gasteiger charge is -2.30. The Morgan fingerprint density at radius 2 is 1.73 bits per heavy atom. The second-order valence-corrected chi connectivity index (χ2v) is 9.49. The van der Waals surface area contributed by atoms with Crippen LogP contribution < -0.4 is 10.6 Å². The summed E-state index contributed by atoms with van der Waals surface area (Å²) in [4.78, 5) is 38.6. The highest BCUT2D eigenvalue weighted by atomic mass is 31.2. The van der Waals surface area contributed by atoms with E-state index in [-0.39, 0.29) is 38.1 Å². The van der Waals surface area contributed by atoms with Crippen LogP contribution in [0.3, 0.4) is 0 Å². The minimum absolute atomic E-state index is 0.00176. The molecule has 0 aromatic rings. The maximum atomic E-state index is 12.1. The number of amides is 2. The zero-order chi connectivity index (χ0) is 23.5. The van der Waals surface area contributed by atoms with E-state index in [1.165, 1.54) is 13.8 Å². The first-order valence-corrected chi connectivity index (χ1v) is 11.2. The van der Waals surface area contributed by atoms with Gasteiger partial charge in [0.05, 0.1) is 25.0 Å². The summed E-state index contributed by atoms with van der Waals surface area (Å²) in [5, 5.41) is 19.2. The lowest BCUT2D eigenvalue weighted by atomic mass is 9.87. The standard InChI is InChI=1S/C18H36N3O8P/c1-12(2)28-21-14(5)10-20-15(22)8-9-19-17(24)16(23)18(6,7)11-27-30(25,26)29-13(3)4/h12-13,16,23H,8-11H2,1-7H3,(H,19,24)(H,20,22)(H,25,26)/b21-14+. The zero-order valence-electron chi connectivity index (χ0n) is 18.8. The van der Waals surface area contributed by atoms with E-state index in [0.29, 0.717) is 5.71 Å². The molecule has 2 amide bonds. The van der Waals surface area contributed by atoms with Crippen molar-refractivity contribution in [2.45, 2.75) is 73.2 Å². The fourth-order valence-corrected chi connectivity index (χ4v) is 3.01. The monoisotopic (exact) mass is 453 g/mol. The van der Waals surface area contributed by atoms with Crippen LogP contribution >= 0.6 is 7.82 Å². The van der Waals surface area contributed by atoms with Gasteiger partial charge in [-0.05, 0) is 34.6 Å². The Hall–Kier alpha value is -1.52. The predicted molar refractivity (Wildman–Crippen MR) is 112 cm³/mol. The summed E-state index contributed by atoms with van der Waals surface area (Å²) < 4.78 is 21.4. The largest absolute Gasteiger partial charge is 0.472 e. The average Bonchev–Trinajstić information content (AvgIpc) is 2.61. The van der Waals surface area contributed by atoms with Gasteiger partial charge >= 0.3 is 7.82 Å². The minimum atomic E-state index is -4.29. The van der Waals surface area contributed by atoms with Gasteiger partial charge in [0.15, 0.2) is 0 Å². The van der Waals surface area contributed by atoms with Gasteiger partial charge in [-0.3, -0.25) is 18.6 Å². The number of oxime groups is 1. The first-order valence-electron chi connectivity index (χ1n) is 9.73. The molecule has 0 radical (unpaired) electrons. The summed E-state index contributed by atoms with van der Waals surface area (Å²) in [7, 11) is -4.29. The van der Waals surface area contributed by atoms with Crippen LogP contribution in [0.15, 0.2) is 5.16 Å². The van der Waals surface area contributed by atoms with Crippen molar-refractivity contribution in [3.63, 3.8) is 0 Å². The number of rotatable bonds is 14. The van der Waals surface area contributed by atoms with Crippen molar-refractivity contribution in [1.82, 2.24) is 10.6 Å². The lowest BCUT2D eigenvalue weighted by Crippen LogP contribution is -2.46. The molecule has 12 heteroatoms. The van der Waals surface area contributed by atoms with Crippen LogP contribution in [0.2, 0.25) is 0 Å². The Bertz CT molecular complexity index is 637. The third kappa shape index (κ3) is 12.9. The Labute approximate surface area is 178 Å². The summed E-state index contributed by atoms with van der Waals surface area (Å²) >= 11 is 0.